The first-order chi connectivity index (χ1) is 9.43. The standard InChI is InChI=1S/C15H23N3O2/c1-5-11(4)18-15(20)13-8-12(6-7-16-13)14(19)17-9-10(2)3/h6-8,10-11H,5,9H2,1-4H3,(H,17,19)(H,18,20). The molecule has 2 N–H and O–H groups in total. The lowest BCUT2D eigenvalue weighted by Crippen LogP contribution is -2.33. The Morgan fingerprint density at radius 3 is 2.55 bits per heavy atom. The van der Waals surface area contributed by atoms with Crippen LogP contribution in [-0.2, 0) is 0 Å². The molecule has 0 saturated carbocycles. The molecule has 0 fully saturated rings. The first kappa shape index (κ1) is 16.1. The molecule has 2 amide bonds. The third kappa shape index (κ3) is 4.99. The van der Waals surface area contributed by atoms with E-state index in [4.69, 9.17) is 0 Å². The summed E-state index contributed by atoms with van der Waals surface area (Å²) in [6.07, 6.45) is 2.33. The number of carbonyl (C=O) groups excluding carboxylic acids is 2. The molecule has 0 aliphatic carbocycles. The summed E-state index contributed by atoms with van der Waals surface area (Å²) in [5.41, 5.74) is 0.720. The minimum atomic E-state index is -0.252. The number of aromatic nitrogens is 1. The Bertz CT molecular complexity index is 472. The van der Waals surface area contributed by atoms with Crippen LogP contribution in [0.3, 0.4) is 0 Å². The average Bonchev–Trinajstić information content (AvgIpc) is 2.44. The Morgan fingerprint density at radius 2 is 1.95 bits per heavy atom. The van der Waals surface area contributed by atoms with Crippen molar-refractivity contribution >= 4 is 11.8 Å². The Hall–Kier alpha value is -1.91. The van der Waals surface area contributed by atoms with Crippen molar-refractivity contribution in [3.63, 3.8) is 0 Å². The molecule has 0 bridgehead atoms. The topological polar surface area (TPSA) is 71.1 Å². The van der Waals surface area contributed by atoms with Crippen LogP contribution in [0.25, 0.3) is 0 Å². The number of pyridine rings is 1. The molecule has 0 aliphatic heterocycles. The molecule has 20 heavy (non-hydrogen) atoms. The molecular formula is C15H23N3O2. The second kappa shape index (κ2) is 7.62. The van der Waals surface area contributed by atoms with Crippen LogP contribution in [-0.4, -0.2) is 29.4 Å². The first-order valence-electron chi connectivity index (χ1n) is 6.99. The van der Waals surface area contributed by atoms with Gasteiger partial charge in [0, 0.05) is 24.3 Å². The lowest BCUT2D eigenvalue weighted by atomic mass is 10.1. The van der Waals surface area contributed by atoms with Crippen LogP contribution < -0.4 is 10.6 Å². The number of rotatable bonds is 6. The van der Waals surface area contributed by atoms with E-state index in [9.17, 15) is 9.59 Å². The van der Waals surface area contributed by atoms with Gasteiger partial charge < -0.3 is 10.6 Å². The predicted octanol–water partition coefficient (Wildman–Crippen LogP) is 2.00. The molecule has 110 valence electrons. The number of amides is 2. The second-order valence-electron chi connectivity index (χ2n) is 5.32. The highest BCUT2D eigenvalue weighted by Gasteiger charge is 2.13. The fraction of sp³-hybridized carbons (Fsp3) is 0.533. The Labute approximate surface area is 120 Å². The summed E-state index contributed by atoms with van der Waals surface area (Å²) in [6, 6.07) is 3.21. The number of hydrogen-bond acceptors (Lipinski definition) is 3. The van der Waals surface area contributed by atoms with E-state index in [1.807, 2.05) is 27.7 Å². The molecule has 1 unspecified atom stereocenters. The van der Waals surface area contributed by atoms with Gasteiger partial charge in [-0.1, -0.05) is 20.8 Å². The SMILES string of the molecule is CCC(C)NC(=O)c1cc(C(=O)NCC(C)C)ccn1. The largest absolute Gasteiger partial charge is 0.352 e. The molecule has 0 saturated heterocycles. The van der Waals surface area contributed by atoms with Crippen LogP contribution in [0.1, 0.15) is 55.0 Å². The number of nitrogens with one attached hydrogen (secondary N) is 2. The van der Waals surface area contributed by atoms with E-state index >= 15 is 0 Å². The summed E-state index contributed by atoms with van der Waals surface area (Å²) in [6.45, 7) is 8.58. The van der Waals surface area contributed by atoms with Crippen LogP contribution in [0.4, 0.5) is 0 Å². The lowest BCUT2D eigenvalue weighted by Gasteiger charge is -2.11. The fourth-order valence-corrected chi connectivity index (χ4v) is 1.49. The molecule has 1 rings (SSSR count). The third-order valence-corrected chi connectivity index (χ3v) is 2.92. The Balaban J connectivity index is 2.74. The maximum atomic E-state index is 11.9. The van der Waals surface area contributed by atoms with E-state index in [1.54, 1.807) is 6.07 Å². The van der Waals surface area contributed by atoms with Gasteiger partial charge in [-0.2, -0.15) is 0 Å². The van der Waals surface area contributed by atoms with E-state index in [0.717, 1.165) is 6.42 Å². The van der Waals surface area contributed by atoms with Crippen molar-refractivity contribution in [2.24, 2.45) is 5.92 Å². The first-order valence-corrected chi connectivity index (χ1v) is 6.99. The molecule has 0 radical (unpaired) electrons. The highest BCUT2D eigenvalue weighted by Crippen LogP contribution is 2.03. The summed E-state index contributed by atoms with van der Waals surface area (Å²) in [4.78, 5) is 27.9. The molecule has 5 nitrogen and oxygen atoms in total. The summed E-state index contributed by atoms with van der Waals surface area (Å²) in [5.74, 6) is -0.0505. The molecule has 0 aromatic carbocycles. The number of nitrogens with zero attached hydrogens (tertiary/aromatic N) is 1. The summed E-state index contributed by atoms with van der Waals surface area (Å²) < 4.78 is 0. The van der Waals surface area contributed by atoms with E-state index in [1.165, 1.54) is 12.3 Å². The fourth-order valence-electron chi connectivity index (χ4n) is 1.49. The highest BCUT2D eigenvalue weighted by atomic mass is 16.2. The smallest absolute Gasteiger partial charge is 0.270 e. The molecule has 5 heteroatoms. The van der Waals surface area contributed by atoms with Crippen LogP contribution in [0.15, 0.2) is 18.3 Å². The quantitative estimate of drug-likeness (QED) is 0.835. The van der Waals surface area contributed by atoms with Gasteiger partial charge in [-0.15, -0.1) is 0 Å². The van der Waals surface area contributed by atoms with Gasteiger partial charge in [-0.05, 0) is 31.4 Å². The lowest BCUT2D eigenvalue weighted by molar-refractivity contribution is 0.0934. The van der Waals surface area contributed by atoms with Gasteiger partial charge in [0.1, 0.15) is 5.69 Å². The van der Waals surface area contributed by atoms with Crippen molar-refractivity contribution in [1.82, 2.24) is 15.6 Å². The van der Waals surface area contributed by atoms with Crippen molar-refractivity contribution in [3.05, 3.63) is 29.6 Å². The molecule has 1 heterocycles. The minimum Gasteiger partial charge on any atom is -0.352 e. The van der Waals surface area contributed by atoms with Gasteiger partial charge in [-0.3, -0.25) is 14.6 Å². The number of hydrogen-bond donors (Lipinski definition) is 2. The maximum absolute atomic E-state index is 11.9. The zero-order chi connectivity index (χ0) is 15.1. The molecular weight excluding hydrogens is 254 g/mol. The van der Waals surface area contributed by atoms with Gasteiger partial charge >= 0.3 is 0 Å². The van der Waals surface area contributed by atoms with Gasteiger partial charge in [0.25, 0.3) is 11.8 Å². The van der Waals surface area contributed by atoms with Crippen molar-refractivity contribution in [2.75, 3.05) is 6.54 Å². The average molecular weight is 277 g/mol. The highest BCUT2D eigenvalue weighted by molar-refractivity contribution is 5.98. The zero-order valence-electron chi connectivity index (χ0n) is 12.6. The van der Waals surface area contributed by atoms with E-state index < -0.39 is 0 Å². The Morgan fingerprint density at radius 1 is 1.25 bits per heavy atom. The predicted molar refractivity (Wildman–Crippen MR) is 78.6 cm³/mol. The summed E-state index contributed by atoms with van der Waals surface area (Å²) in [5, 5.41) is 5.65. The van der Waals surface area contributed by atoms with Gasteiger partial charge in [0.15, 0.2) is 0 Å². The van der Waals surface area contributed by atoms with E-state index in [-0.39, 0.29) is 23.6 Å². The maximum Gasteiger partial charge on any atom is 0.270 e. The molecule has 1 atom stereocenters. The molecule has 0 aliphatic rings. The summed E-state index contributed by atoms with van der Waals surface area (Å²) >= 11 is 0. The van der Waals surface area contributed by atoms with Crippen molar-refractivity contribution in [2.45, 2.75) is 40.2 Å². The third-order valence-electron chi connectivity index (χ3n) is 2.92. The minimum absolute atomic E-state index is 0.0859. The van der Waals surface area contributed by atoms with Gasteiger partial charge in [0.05, 0.1) is 0 Å². The van der Waals surface area contributed by atoms with Crippen molar-refractivity contribution in [3.8, 4) is 0 Å². The van der Waals surface area contributed by atoms with Crippen LogP contribution in [0, 0.1) is 5.92 Å². The number of carbonyl (C=O) groups is 2. The van der Waals surface area contributed by atoms with Gasteiger partial charge in [0.2, 0.25) is 0 Å². The van der Waals surface area contributed by atoms with Gasteiger partial charge in [-0.25, -0.2) is 0 Å². The van der Waals surface area contributed by atoms with Crippen LogP contribution in [0.5, 0.6) is 0 Å². The van der Waals surface area contributed by atoms with Crippen molar-refractivity contribution in [1.29, 1.82) is 0 Å². The van der Waals surface area contributed by atoms with Crippen LogP contribution in [0.2, 0.25) is 0 Å². The monoisotopic (exact) mass is 277 g/mol. The van der Waals surface area contributed by atoms with E-state index in [0.29, 0.717) is 18.0 Å². The second-order valence-corrected chi connectivity index (χ2v) is 5.32. The molecule has 1 aromatic heterocycles. The summed E-state index contributed by atoms with van der Waals surface area (Å²) in [7, 11) is 0. The molecule has 1 aromatic rings. The normalized spacial score (nSPS) is 12.1. The zero-order valence-corrected chi connectivity index (χ0v) is 12.6. The van der Waals surface area contributed by atoms with E-state index in [2.05, 4.69) is 15.6 Å². The van der Waals surface area contributed by atoms with Crippen molar-refractivity contribution < 1.29 is 9.59 Å². The van der Waals surface area contributed by atoms with Crippen LogP contribution >= 0.6 is 0 Å². The Kier molecular flexibility index (Phi) is 6.15. The molecule has 0 spiro atoms.